The largest absolute Gasteiger partial charge is 0.393 e. The van der Waals surface area contributed by atoms with Gasteiger partial charge in [-0.25, -0.2) is 0 Å². The van der Waals surface area contributed by atoms with Gasteiger partial charge in [-0.1, -0.05) is 32.1 Å². The summed E-state index contributed by atoms with van der Waals surface area (Å²) >= 11 is 0. The van der Waals surface area contributed by atoms with E-state index in [1.165, 1.54) is 57.8 Å². The van der Waals surface area contributed by atoms with Gasteiger partial charge in [0.05, 0.1) is 12.2 Å². The Bertz CT molecular complexity index is 291. The van der Waals surface area contributed by atoms with Crippen molar-refractivity contribution in [3.63, 3.8) is 0 Å². The van der Waals surface area contributed by atoms with Crippen LogP contribution in [0, 0.1) is 23.7 Å². The summed E-state index contributed by atoms with van der Waals surface area (Å²) in [6.07, 6.45) is 13.3. The van der Waals surface area contributed by atoms with Crippen molar-refractivity contribution in [3.8, 4) is 0 Å². The maximum absolute atomic E-state index is 10.7. The quantitative estimate of drug-likeness (QED) is 0.803. The second kappa shape index (κ2) is 6.13. The van der Waals surface area contributed by atoms with Gasteiger partial charge < -0.3 is 10.2 Å². The lowest BCUT2D eigenvalue weighted by Crippen LogP contribution is -2.42. The molecule has 2 nitrogen and oxygen atoms in total. The van der Waals surface area contributed by atoms with Gasteiger partial charge in [0.2, 0.25) is 0 Å². The van der Waals surface area contributed by atoms with Crippen LogP contribution in [0.3, 0.4) is 0 Å². The molecule has 3 rings (SSSR count). The van der Waals surface area contributed by atoms with E-state index in [1.807, 2.05) is 0 Å². The van der Waals surface area contributed by atoms with Crippen LogP contribution in [0.4, 0.5) is 0 Å². The fourth-order valence-electron chi connectivity index (χ4n) is 5.10. The molecule has 0 spiro atoms. The lowest BCUT2D eigenvalue weighted by atomic mass is 9.63. The molecule has 6 unspecified atom stereocenters. The van der Waals surface area contributed by atoms with Crippen molar-refractivity contribution in [3.05, 3.63) is 0 Å². The van der Waals surface area contributed by atoms with E-state index in [1.54, 1.807) is 0 Å². The van der Waals surface area contributed by atoms with Crippen molar-refractivity contribution < 1.29 is 10.2 Å². The first-order chi connectivity index (χ1) is 9.25. The average Bonchev–Trinajstić information content (AvgIpc) is 2.44. The Kier molecular flexibility index (Phi) is 4.48. The third-order valence-electron chi connectivity index (χ3n) is 6.27. The Morgan fingerprint density at radius 3 is 2.26 bits per heavy atom. The van der Waals surface area contributed by atoms with Crippen molar-refractivity contribution in [1.29, 1.82) is 0 Å². The molecular weight excluding hydrogens is 236 g/mol. The number of aliphatic hydroxyl groups is 2. The highest BCUT2D eigenvalue weighted by atomic mass is 16.3. The first-order valence-electron chi connectivity index (χ1n) is 8.62. The van der Waals surface area contributed by atoms with Crippen LogP contribution in [0.5, 0.6) is 0 Å². The first-order valence-corrected chi connectivity index (χ1v) is 8.62. The number of rotatable bonds is 2. The summed E-state index contributed by atoms with van der Waals surface area (Å²) in [5, 5.41) is 20.8. The van der Waals surface area contributed by atoms with E-state index in [-0.39, 0.29) is 12.2 Å². The summed E-state index contributed by atoms with van der Waals surface area (Å²) in [5.74, 6) is 2.31. The second-order valence-corrected chi connectivity index (χ2v) is 7.38. The third kappa shape index (κ3) is 3.00. The zero-order valence-electron chi connectivity index (χ0n) is 12.1. The maximum atomic E-state index is 10.7. The van der Waals surface area contributed by atoms with Gasteiger partial charge in [-0.15, -0.1) is 0 Å². The van der Waals surface area contributed by atoms with Gasteiger partial charge in [-0.2, -0.15) is 0 Å². The minimum absolute atomic E-state index is 0.0758. The molecule has 0 radical (unpaired) electrons. The molecule has 0 aromatic heterocycles. The normalized spacial score (nSPS) is 47.7. The molecule has 2 N–H and O–H groups in total. The molecule has 110 valence electrons. The van der Waals surface area contributed by atoms with E-state index in [0.29, 0.717) is 17.8 Å². The SMILES string of the molecule is OC1CCCCC1CC1CCC2CCCCC2C1O. The lowest BCUT2D eigenvalue weighted by molar-refractivity contribution is -0.0507. The predicted molar refractivity (Wildman–Crippen MR) is 76.8 cm³/mol. The van der Waals surface area contributed by atoms with Gasteiger partial charge in [-0.05, 0) is 62.2 Å². The number of hydrogen-bond donors (Lipinski definition) is 2. The van der Waals surface area contributed by atoms with E-state index < -0.39 is 0 Å². The van der Waals surface area contributed by atoms with Gasteiger partial charge >= 0.3 is 0 Å². The first kappa shape index (κ1) is 13.9. The van der Waals surface area contributed by atoms with Gasteiger partial charge in [0.1, 0.15) is 0 Å². The fraction of sp³-hybridized carbons (Fsp3) is 1.00. The highest BCUT2D eigenvalue weighted by molar-refractivity contribution is 4.91. The van der Waals surface area contributed by atoms with Crippen molar-refractivity contribution in [2.45, 2.75) is 82.8 Å². The maximum Gasteiger partial charge on any atom is 0.0599 e. The second-order valence-electron chi connectivity index (χ2n) is 7.38. The minimum atomic E-state index is -0.0926. The van der Waals surface area contributed by atoms with Crippen LogP contribution < -0.4 is 0 Å². The zero-order chi connectivity index (χ0) is 13.2. The van der Waals surface area contributed by atoms with Crippen LogP contribution in [-0.4, -0.2) is 22.4 Å². The molecule has 3 aliphatic carbocycles. The smallest absolute Gasteiger partial charge is 0.0599 e. The Labute approximate surface area is 117 Å². The molecule has 3 fully saturated rings. The molecule has 0 heterocycles. The monoisotopic (exact) mass is 266 g/mol. The molecule has 3 aliphatic rings. The van der Waals surface area contributed by atoms with Crippen LogP contribution in [0.25, 0.3) is 0 Å². The van der Waals surface area contributed by atoms with Gasteiger partial charge in [0, 0.05) is 0 Å². The molecule has 6 atom stereocenters. The van der Waals surface area contributed by atoms with Crippen molar-refractivity contribution in [2.75, 3.05) is 0 Å². The molecule has 2 heteroatoms. The topological polar surface area (TPSA) is 40.5 Å². The third-order valence-corrected chi connectivity index (χ3v) is 6.27. The summed E-state index contributed by atoms with van der Waals surface area (Å²) < 4.78 is 0. The molecule has 3 saturated carbocycles. The van der Waals surface area contributed by atoms with Gasteiger partial charge in [0.15, 0.2) is 0 Å². The Morgan fingerprint density at radius 1 is 0.684 bits per heavy atom. The highest BCUT2D eigenvalue weighted by Gasteiger charge is 2.40. The van der Waals surface area contributed by atoms with Crippen molar-refractivity contribution in [1.82, 2.24) is 0 Å². The average molecular weight is 266 g/mol. The summed E-state index contributed by atoms with van der Waals surface area (Å²) in [5.41, 5.74) is 0. The van der Waals surface area contributed by atoms with Crippen molar-refractivity contribution >= 4 is 0 Å². The standard InChI is InChI=1S/C17H30O2/c18-16-8-4-2-6-13(16)11-14-10-9-12-5-1-3-7-15(12)17(14)19/h12-19H,1-11H2. The number of aliphatic hydroxyl groups excluding tert-OH is 2. The van der Waals surface area contributed by atoms with Crippen LogP contribution in [0.15, 0.2) is 0 Å². The van der Waals surface area contributed by atoms with E-state index in [0.717, 1.165) is 18.8 Å². The predicted octanol–water partition coefficient (Wildman–Crippen LogP) is 3.50. The summed E-state index contributed by atoms with van der Waals surface area (Å²) in [6, 6.07) is 0. The molecule has 0 aliphatic heterocycles. The molecule has 0 aromatic carbocycles. The molecule has 19 heavy (non-hydrogen) atoms. The van der Waals surface area contributed by atoms with Crippen LogP contribution in [0.1, 0.15) is 70.6 Å². The minimum Gasteiger partial charge on any atom is -0.393 e. The number of hydrogen-bond acceptors (Lipinski definition) is 2. The summed E-state index contributed by atoms with van der Waals surface area (Å²) in [6.45, 7) is 0. The molecule has 0 bridgehead atoms. The lowest BCUT2D eigenvalue weighted by Gasteiger charge is -2.44. The summed E-state index contributed by atoms with van der Waals surface area (Å²) in [4.78, 5) is 0. The van der Waals surface area contributed by atoms with Crippen LogP contribution >= 0.6 is 0 Å². The Hall–Kier alpha value is -0.0800. The summed E-state index contributed by atoms with van der Waals surface area (Å²) in [7, 11) is 0. The van der Waals surface area contributed by atoms with E-state index >= 15 is 0 Å². The van der Waals surface area contributed by atoms with E-state index in [2.05, 4.69) is 0 Å². The zero-order valence-corrected chi connectivity index (χ0v) is 12.1. The molecule has 0 aromatic rings. The Morgan fingerprint density at radius 2 is 1.42 bits per heavy atom. The highest BCUT2D eigenvalue weighted by Crippen LogP contribution is 2.45. The fourth-order valence-corrected chi connectivity index (χ4v) is 5.10. The van der Waals surface area contributed by atoms with Crippen LogP contribution in [0.2, 0.25) is 0 Å². The molecular formula is C17H30O2. The van der Waals surface area contributed by atoms with Gasteiger partial charge in [-0.3, -0.25) is 0 Å². The van der Waals surface area contributed by atoms with Gasteiger partial charge in [0.25, 0.3) is 0 Å². The van der Waals surface area contributed by atoms with Crippen LogP contribution in [-0.2, 0) is 0 Å². The van der Waals surface area contributed by atoms with Crippen molar-refractivity contribution in [2.24, 2.45) is 23.7 Å². The molecule has 0 amide bonds. The Balaban J connectivity index is 1.58. The van der Waals surface area contributed by atoms with E-state index in [9.17, 15) is 10.2 Å². The molecule has 0 saturated heterocycles. The van der Waals surface area contributed by atoms with E-state index in [4.69, 9.17) is 0 Å². The number of fused-ring (bicyclic) bond motifs is 1.